The molecule has 166 valence electrons. The van der Waals surface area contributed by atoms with E-state index in [-0.39, 0.29) is 0 Å². The number of alkyl halides is 3. The van der Waals surface area contributed by atoms with Crippen molar-refractivity contribution in [1.82, 2.24) is 9.80 Å². The summed E-state index contributed by atoms with van der Waals surface area (Å²) in [5, 5.41) is 7.12. The number of carbonyl (C=O) groups is 2. The first-order valence-corrected chi connectivity index (χ1v) is 11.0. The van der Waals surface area contributed by atoms with Gasteiger partial charge in [0.1, 0.15) is 0 Å². The Balaban J connectivity index is 0.000000298. The van der Waals surface area contributed by atoms with E-state index in [4.69, 9.17) is 9.90 Å². The third kappa shape index (κ3) is 6.09. The van der Waals surface area contributed by atoms with Crippen LogP contribution in [0.5, 0.6) is 0 Å². The van der Waals surface area contributed by atoms with Crippen LogP contribution in [0.2, 0.25) is 0 Å². The van der Waals surface area contributed by atoms with Gasteiger partial charge < -0.3 is 10.0 Å². The average Bonchev–Trinajstić information content (AvgIpc) is 3.19. The number of nitrogens with zero attached hydrogens (tertiary/aromatic N) is 2. The van der Waals surface area contributed by atoms with Gasteiger partial charge in [-0.15, -0.1) is 0 Å². The summed E-state index contributed by atoms with van der Waals surface area (Å²) in [4.78, 5) is 26.4. The number of aliphatic carboxylic acids is 1. The minimum Gasteiger partial charge on any atom is -0.475 e. The molecule has 4 fully saturated rings. The maximum absolute atomic E-state index is 12.5. The van der Waals surface area contributed by atoms with Gasteiger partial charge in [-0.25, -0.2) is 4.79 Å². The van der Waals surface area contributed by atoms with E-state index in [2.05, 4.69) is 9.80 Å². The molecule has 0 bridgehead atoms. The standard InChI is InChI=1S/C19H32N2O.C2HF3O2/c22-18(14-16-4-1-2-5-16)20-12-9-19(10-13-20)8-3-11-21(19)15-17-6-7-17;3-2(4,5)1(6)7/h16-17H,1-15H2;(H,6,7). The molecule has 2 aliphatic carbocycles. The van der Waals surface area contributed by atoms with Gasteiger partial charge in [0, 0.05) is 31.6 Å². The SMILES string of the molecule is O=C(CC1CCCC1)N1CCC2(CCCN2CC2CC2)CC1.O=C(O)C(F)(F)F. The molecule has 4 rings (SSSR count). The van der Waals surface area contributed by atoms with Crippen LogP contribution in [0.15, 0.2) is 0 Å². The second-order valence-corrected chi connectivity index (χ2v) is 9.26. The molecule has 5 nitrogen and oxygen atoms in total. The van der Waals surface area contributed by atoms with E-state index in [0.717, 1.165) is 25.4 Å². The van der Waals surface area contributed by atoms with Crippen molar-refractivity contribution in [1.29, 1.82) is 0 Å². The molecule has 0 radical (unpaired) electrons. The minimum absolute atomic E-state index is 0.452. The summed E-state index contributed by atoms with van der Waals surface area (Å²) in [6.45, 7) is 4.70. The summed E-state index contributed by atoms with van der Waals surface area (Å²) in [5.74, 6) is -0.612. The van der Waals surface area contributed by atoms with Crippen molar-refractivity contribution >= 4 is 11.9 Å². The predicted molar refractivity (Wildman–Crippen MR) is 102 cm³/mol. The molecule has 2 aliphatic heterocycles. The zero-order chi connectivity index (χ0) is 21.1. The summed E-state index contributed by atoms with van der Waals surface area (Å²) in [6, 6.07) is 0. The number of amides is 1. The second-order valence-electron chi connectivity index (χ2n) is 9.26. The third-order valence-corrected chi connectivity index (χ3v) is 7.14. The molecular formula is C21H33F3N2O3. The van der Waals surface area contributed by atoms with Crippen molar-refractivity contribution in [3.8, 4) is 0 Å². The zero-order valence-corrected chi connectivity index (χ0v) is 17.1. The molecule has 0 atom stereocenters. The summed E-state index contributed by atoms with van der Waals surface area (Å²) < 4.78 is 31.7. The predicted octanol–water partition coefficient (Wildman–Crippen LogP) is 4.07. The lowest BCUT2D eigenvalue weighted by molar-refractivity contribution is -0.192. The van der Waals surface area contributed by atoms with Crippen molar-refractivity contribution in [2.45, 2.75) is 82.3 Å². The van der Waals surface area contributed by atoms with Crippen LogP contribution in [0.3, 0.4) is 0 Å². The van der Waals surface area contributed by atoms with Gasteiger partial charge in [0.2, 0.25) is 5.91 Å². The molecule has 0 aromatic rings. The molecule has 2 heterocycles. The Kier molecular flexibility index (Phi) is 7.12. The maximum Gasteiger partial charge on any atom is 0.490 e. The highest BCUT2D eigenvalue weighted by Gasteiger charge is 2.45. The summed E-state index contributed by atoms with van der Waals surface area (Å²) in [6.07, 6.45) is 9.15. The molecular weight excluding hydrogens is 385 g/mol. The fourth-order valence-electron chi connectivity index (χ4n) is 5.22. The Bertz CT molecular complexity index is 578. The Morgan fingerprint density at radius 3 is 2.00 bits per heavy atom. The van der Waals surface area contributed by atoms with Gasteiger partial charge in [0.25, 0.3) is 0 Å². The van der Waals surface area contributed by atoms with Crippen LogP contribution in [-0.2, 0) is 9.59 Å². The number of hydrogen-bond acceptors (Lipinski definition) is 3. The summed E-state index contributed by atoms with van der Waals surface area (Å²) in [7, 11) is 0. The number of likely N-dealkylation sites (tertiary alicyclic amines) is 2. The van der Waals surface area contributed by atoms with E-state index in [0.29, 0.717) is 17.4 Å². The first-order valence-electron chi connectivity index (χ1n) is 11.0. The van der Waals surface area contributed by atoms with E-state index < -0.39 is 12.1 Å². The first-order chi connectivity index (χ1) is 13.7. The van der Waals surface area contributed by atoms with Crippen LogP contribution in [0, 0.1) is 11.8 Å². The Morgan fingerprint density at radius 1 is 0.897 bits per heavy atom. The van der Waals surface area contributed by atoms with Gasteiger partial charge in [-0.1, -0.05) is 12.8 Å². The van der Waals surface area contributed by atoms with Crippen LogP contribution in [0.4, 0.5) is 13.2 Å². The second kappa shape index (κ2) is 9.23. The van der Waals surface area contributed by atoms with Gasteiger partial charge in [-0.05, 0) is 69.7 Å². The Labute approximate surface area is 170 Å². The summed E-state index contributed by atoms with van der Waals surface area (Å²) >= 11 is 0. The van der Waals surface area contributed by atoms with E-state index in [1.165, 1.54) is 77.3 Å². The lowest BCUT2D eigenvalue weighted by atomic mass is 9.84. The fourth-order valence-corrected chi connectivity index (χ4v) is 5.22. The zero-order valence-electron chi connectivity index (χ0n) is 17.1. The quantitative estimate of drug-likeness (QED) is 0.748. The minimum atomic E-state index is -5.08. The van der Waals surface area contributed by atoms with Crippen molar-refractivity contribution in [3.05, 3.63) is 0 Å². The number of halogens is 3. The number of carboxylic acids is 1. The highest BCUT2D eigenvalue weighted by molar-refractivity contribution is 5.76. The monoisotopic (exact) mass is 418 g/mol. The van der Waals surface area contributed by atoms with Crippen LogP contribution in [0.25, 0.3) is 0 Å². The number of rotatable bonds is 4. The highest BCUT2D eigenvalue weighted by atomic mass is 19.4. The van der Waals surface area contributed by atoms with Crippen LogP contribution < -0.4 is 0 Å². The lowest BCUT2D eigenvalue weighted by Gasteiger charge is -2.45. The molecule has 0 unspecified atom stereocenters. The molecule has 29 heavy (non-hydrogen) atoms. The maximum atomic E-state index is 12.5. The van der Waals surface area contributed by atoms with Crippen LogP contribution in [0.1, 0.15) is 70.6 Å². The molecule has 0 aromatic carbocycles. The Morgan fingerprint density at radius 2 is 1.48 bits per heavy atom. The first kappa shape index (κ1) is 22.4. The Hall–Kier alpha value is -1.31. The molecule has 1 spiro atoms. The molecule has 1 amide bonds. The smallest absolute Gasteiger partial charge is 0.475 e. The van der Waals surface area contributed by atoms with Crippen LogP contribution >= 0.6 is 0 Å². The fraction of sp³-hybridized carbons (Fsp3) is 0.905. The third-order valence-electron chi connectivity index (χ3n) is 7.14. The highest BCUT2D eigenvalue weighted by Crippen LogP contribution is 2.42. The van der Waals surface area contributed by atoms with Crippen molar-refractivity contribution < 1.29 is 27.9 Å². The van der Waals surface area contributed by atoms with E-state index >= 15 is 0 Å². The number of hydrogen-bond donors (Lipinski definition) is 1. The number of piperidine rings is 1. The van der Waals surface area contributed by atoms with Crippen molar-refractivity contribution in [2.24, 2.45) is 11.8 Å². The van der Waals surface area contributed by atoms with Gasteiger partial charge in [0.15, 0.2) is 0 Å². The van der Waals surface area contributed by atoms with Gasteiger partial charge in [0.05, 0.1) is 0 Å². The van der Waals surface area contributed by atoms with E-state index in [9.17, 15) is 18.0 Å². The molecule has 2 saturated heterocycles. The molecule has 0 aromatic heterocycles. The van der Waals surface area contributed by atoms with Crippen LogP contribution in [-0.4, -0.2) is 64.7 Å². The largest absolute Gasteiger partial charge is 0.490 e. The topological polar surface area (TPSA) is 60.9 Å². The van der Waals surface area contributed by atoms with Gasteiger partial charge in [-0.3, -0.25) is 9.69 Å². The lowest BCUT2D eigenvalue weighted by Crippen LogP contribution is -2.53. The van der Waals surface area contributed by atoms with E-state index in [1.807, 2.05) is 0 Å². The van der Waals surface area contributed by atoms with E-state index in [1.54, 1.807) is 0 Å². The van der Waals surface area contributed by atoms with Gasteiger partial charge >= 0.3 is 12.1 Å². The molecule has 2 saturated carbocycles. The normalized spacial score (nSPS) is 25.1. The van der Waals surface area contributed by atoms with Crippen molar-refractivity contribution in [3.63, 3.8) is 0 Å². The van der Waals surface area contributed by atoms with Crippen molar-refractivity contribution in [2.75, 3.05) is 26.2 Å². The van der Waals surface area contributed by atoms with Gasteiger partial charge in [-0.2, -0.15) is 13.2 Å². The molecule has 8 heteroatoms. The molecule has 4 aliphatic rings. The number of carbonyl (C=O) groups excluding carboxylic acids is 1. The number of carboxylic acid groups (broad SMARTS) is 1. The molecule has 1 N–H and O–H groups in total. The average molecular weight is 419 g/mol. The summed E-state index contributed by atoms with van der Waals surface area (Å²) in [5.41, 5.74) is 0.465.